The van der Waals surface area contributed by atoms with E-state index >= 15 is 0 Å². The first-order valence-electron chi connectivity index (χ1n) is 6.81. The van der Waals surface area contributed by atoms with Crippen LogP contribution in [-0.4, -0.2) is 42.9 Å². The molecule has 0 radical (unpaired) electrons. The molecule has 4 heteroatoms. The van der Waals surface area contributed by atoms with Crippen molar-refractivity contribution in [3.8, 4) is 0 Å². The molecule has 2 rings (SSSR count). The first-order chi connectivity index (χ1) is 8.26. The highest BCUT2D eigenvalue weighted by molar-refractivity contribution is 5.76. The molecule has 2 aliphatic heterocycles. The molecule has 0 atom stereocenters. The predicted octanol–water partition coefficient (Wildman–Crippen LogP) is 1.93. The van der Waals surface area contributed by atoms with E-state index in [2.05, 4.69) is 6.92 Å². The van der Waals surface area contributed by atoms with Gasteiger partial charge < -0.3 is 14.4 Å². The van der Waals surface area contributed by atoms with E-state index in [1.807, 2.05) is 4.90 Å². The maximum Gasteiger partial charge on any atom is 0.222 e. The lowest BCUT2D eigenvalue weighted by Gasteiger charge is -2.38. The van der Waals surface area contributed by atoms with Crippen molar-refractivity contribution in [3.63, 3.8) is 0 Å². The van der Waals surface area contributed by atoms with Crippen LogP contribution in [0.1, 0.15) is 45.4 Å². The second-order valence-electron chi connectivity index (χ2n) is 4.98. The van der Waals surface area contributed by atoms with Gasteiger partial charge in [-0.15, -0.1) is 0 Å². The molecular formula is C13H23NO3. The highest BCUT2D eigenvalue weighted by atomic mass is 16.7. The minimum Gasteiger partial charge on any atom is -0.346 e. The summed E-state index contributed by atoms with van der Waals surface area (Å²) in [6.07, 6.45) is 5.87. The molecular weight excluding hydrogens is 218 g/mol. The maximum absolute atomic E-state index is 12.0. The number of carbonyl (C=O) groups excluding carboxylic acids is 1. The Morgan fingerprint density at radius 2 is 2.06 bits per heavy atom. The highest BCUT2D eigenvalue weighted by Crippen LogP contribution is 2.30. The van der Waals surface area contributed by atoms with E-state index in [0.29, 0.717) is 26.2 Å². The van der Waals surface area contributed by atoms with Crippen molar-refractivity contribution >= 4 is 5.91 Å². The molecule has 0 aromatic rings. The zero-order valence-electron chi connectivity index (χ0n) is 10.7. The summed E-state index contributed by atoms with van der Waals surface area (Å²) in [4.78, 5) is 13.9. The Bertz CT molecular complexity index is 261. The maximum atomic E-state index is 12.0. The fourth-order valence-electron chi connectivity index (χ4n) is 2.62. The molecule has 0 aliphatic carbocycles. The molecule has 0 aromatic carbocycles. The molecule has 2 aliphatic rings. The minimum atomic E-state index is -0.474. The summed E-state index contributed by atoms with van der Waals surface area (Å²) >= 11 is 0. The molecule has 0 saturated carbocycles. The van der Waals surface area contributed by atoms with Gasteiger partial charge >= 0.3 is 0 Å². The zero-order valence-corrected chi connectivity index (χ0v) is 10.7. The number of rotatable bonds is 4. The molecule has 0 N–H and O–H groups in total. The Hall–Kier alpha value is -0.610. The van der Waals surface area contributed by atoms with Crippen molar-refractivity contribution in [1.82, 2.24) is 4.90 Å². The molecule has 17 heavy (non-hydrogen) atoms. The average molecular weight is 241 g/mol. The number of nitrogens with zero attached hydrogens (tertiary/aromatic N) is 1. The molecule has 2 heterocycles. The van der Waals surface area contributed by atoms with Gasteiger partial charge in [0.25, 0.3) is 0 Å². The summed E-state index contributed by atoms with van der Waals surface area (Å²) in [5.74, 6) is -0.213. The summed E-state index contributed by atoms with van der Waals surface area (Å²) in [7, 11) is 0. The average Bonchev–Trinajstić information content (AvgIpc) is 2.77. The number of hydrogen-bond acceptors (Lipinski definition) is 3. The lowest BCUT2D eigenvalue weighted by molar-refractivity contribution is -0.193. The van der Waals surface area contributed by atoms with E-state index < -0.39 is 5.79 Å². The topological polar surface area (TPSA) is 38.8 Å². The van der Waals surface area contributed by atoms with Crippen molar-refractivity contribution < 1.29 is 14.3 Å². The van der Waals surface area contributed by atoms with Crippen LogP contribution in [0.4, 0.5) is 0 Å². The first-order valence-corrected chi connectivity index (χ1v) is 6.81. The summed E-state index contributed by atoms with van der Waals surface area (Å²) in [5, 5.41) is 0. The number of amides is 1. The third-order valence-corrected chi connectivity index (χ3v) is 3.58. The summed E-state index contributed by atoms with van der Waals surface area (Å²) in [6.45, 7) is 4.97. The van der Waals surface area contributed by atoms with Crippen molar-refractivity contribution in [2.24, 2.45) is 0 Å². The van der Waals surface area contributed by atoms with Crippen LogP contribution in [0.25, 0.3) is 0 Å². The number of ether oxygens (including phenoxy) is 2. The van der Waals surface area contributed by atoms with Gasteiger partial charge in [-0.2, -0.15) is 0 Å². The lowest BCUT2D eigenvalue weighted by atomic mass is 10.0. The smallest absolute Gasteiger partial charge is 0.222 e. The number of unbranched alkanes of at least 4 members (excludes halogenated alkanes) is 2. The van der Waals surface area contributed by atoms with Gasteiger partial charge in [0.2, 0.25) is 5.91 Å². The molecule has 1 amide bonds. The molecule has 2 fully saturated rings. The van der Waals surface area contributed by atoms with E-state index in [1.165, 1.54) is 0 Å². The molecule has 0 aromatic heterocycles. The van der Waals surface area contributed by atoms with Crippen molar-refractivity contribution in [1.29, 1.82) is 0 Å². The van der Waals surface area contributed by atoms with Crippen LogP contribution in [0.5, 0.6) is 0 Å². The SMILES string of the molecule is CCCCCC(=O)N1CCCC2(C1)OCCO2. The quantitative estimate of drug-likeness (QED) is 0.706. The third-order valence-electron chi connectivity index (χ3n) is 3.58. The van der Waals surface area contributed by atoms with E-state index in [4.69, 9.17) is 9.47 Å². The molecule has 98 valence electrons. The second kappa shape index (κ2) is 5.83. The fourth-order valence-corrected chi connectivity index (χ4v) is 2.62. The van der Waals surface area contributed by atoms with Crippen molar-refractivity contribution in [2.75, 3.05) is 26.3 Å². The predicted molar refractivity (Wildman–Crippen MR) is 64.6 cm³/mol. The van der Waals surface area contributed by atoms with Gasteiger partial charge in [0.05, 0.1) is 19.8 Å². The van der Waals surface area contributed by atoms with E-state index in [0.717, 1.165) is 38.6 Å². The summed E-state index contributed by atoms with van der Waals surface area (Å²) in [5.41, 5.74) is 0. The van der Waals surface area contributed by atoms with Gasteiger partial charge in [0.1, 0.15) is 0 Å². The van der Waals surface area contributed by atoms with Gasteiger partial charge in [-0.05, 0) is 12.8 Å². The van der Waals surface area contributed by atoms with Crippen LogP contribution >= 0.6 is 0 Å². The van der Waals surface area contributed by atoms with E-state index in [1.54, 1.807) is 0 Å². The standard InChI is InChI=1S/C13H23NO3/c1-2-3-4-6-12(15)14-8-5-7-13(11-14)16-9-10-17-13/h2-11H2,1H3. The second-order valence-corrected chi connectivity index (χ2v) is 4.98. The number of piperidine rings is 1. The first kappa shape index (κ1) is 12.8. The fraction of sp³-hybridized carbons (Fsp3) is 0.923. The Balaban J connectivity index is 1.82. The highest BCUT2D eigenvalue weighted by Gasteiger charge is 2.41. The monoisotopic (exact) mass is 241 g/mol. The lowest BCUT2D eigenvalue weighted by Crippen LogP contribution is -2.50. The van der Waals surface area contributed by atoms with Gasteiger partial charge in [0, 0.05) is 19.4 Å². The Morgan fingerprint density at radius 3 is 2.76 bits per heavy atom. The Labute approximate surface area is 103 Å². The number of carbonyl (C=O) groups is 1. The number of likely N-dealkylation sites (tertiary alicyclic amines) is 1. The minimum absolute atomic E-state index is 0.261. The molecule has 0 bridgehead atoms. The van der Waals surface area contributed by atoms with Gasteiger partial charge in [-0.1, -0.05) is 19.8 Å². The van der Waals surface area contributed by atoms with Crippen LogP contribution < -0.4 is 0 Å². The van der Waals surface area contributed by atoms with Crippen molar-refractivity contribution in [2.45, 2.75) is 51.2 Å². The van der Waals surface area contributed by atoms with Crippen LogP contribution in [0, 0.1) is 0 Å². The van der Waals surface area contributed by atoms with Crippen LogP contribution in [0.2, 0.25) is 0 Å². The van der Waals surface area contributed by atoms with Crippen LogP contribution in [-0.2, 0) is 14.3 Å². The summed E-state index contributed by atoms with van der Waals surface area (Å²) in [6, 6.07) is 0. The van der Waals surface area contributed by atoms with Crippen LogP contribution in [0.3, 0.4) is 0 Å². The molecule has 2 saturated heterocycles. The largest absolute Gasteiger partial charge is 0.346 e. The van der Waals surface area contributed by atoms with Gasteiger partial charge in [-0.3, -0.25) is 4.79 Å². The Kier molecular flexibility index (Phi) is 4.40. The van der Waals surface area contributed by atoms with Crippen molar-refractivity contribution in [3.05, 3.63) is 0 Å². The molecule has 0 unspecified atom stereocenters. The summed E-state index contributed by atoms with van der Waals surface area (Å²) < 4.78 is 11.3. The number of hydrogen-bond donors (Lipinski definition) is 0. The van der Waals surface area contributed by atoms with E-state index in [9.17, 15) is 4.79 Å². The van der Waals surface area contributed by atoms with Gasteiger partial charge in [0.15, 0.2) is 5.79 Å². The molecule has 1 spiro atoms. The molecule has 4 nitrogen and oxygen atoms in total. The normalized spacial score (nSPS) is 23.2. The third kappa shape index (κ3) is 3.19. The van der Waals surface area contributed by atoms with Crippen LogP contribution in [0.15, 0.2) is 0 Å². The van der Waals surface area contributed by atoms with Gasteiger partial charge in [-0.25, -0.2) is 0 Å². The Morgan fingerprint density at radius 1 is 1.29 bits per heavy atom. The zero-order chi connectivity index (χ0) is 12.1. The van der Waals surface area contributed by atoms with E-state index in [-0.39, 0.29) is 5.91 Å².